The molecule has 1 aromatic heterocycles. The number of carbonyl (C=O) groups excluding carboxylic acids is 3. The van der Waals surface area contributed by atoms with Gasteiger partial charge in [0.15, 0.2) is 0 Å². The van der Waals surface area contributed by atoms with Gasteiger partial charge >= 0.3 is 6.03 Å². The molecular weight excluding hydrogens is 458 g/mol. The number of hydrogen-bond donors (Lipinski definition) is 3. The molecule has 10 nitrogen and oxygen atoms in total. The number of urea groups is 1. The van der Waals surface area contributed by atoms with Gasteiger partial charge < -0.3 is 20.9 Å². The first-order valence-electron chi connectivity index (χ1n) is 11.3. The van der Waals surface area contributed by atoms with Gasteiger partial charge in [0.2, 0.25) is 12.1 Å². The lowest BCUT2D eigenvalue weighted by atomic mass is 10.0. The van der Waals surface area contributed by atoms with Crippen LogP contribution in [0.4, 0.5) is 21.9 Å². The number of amides is 4. The largest absolute Gasteiger partial charge is 0.388 e. The van der Waals surface area contributed by atoms with E-state index >= 15 is 0 Å². The summed E-state index contributed by atoms with van der Waals surface area (Å²) in [5.41, 5.74) is 3.46. The SMILES string of the molecule is CNc1cccc(NC(=O)NC2N=C(c3ccccn3)c3ccccc3N(CC(=O)N(C)C)C2=O)c1. The van der Waals surface area contributed by atoms with E-state index < -0.39 is 18.1 Å². The summed E-state index contributed by atoms with van der Waals surface area (Å²) in [7, 11) is 5.02. The van der Waals surface area contributed by atoms with Gasteiger partial charge in [-0.2, -0.15) is 0 Å². The lowest BCUT2D eigenvalue weighted by Gasteiger charge is -2.26. The van der Waals surface area contributed by atoms with Crippen molar-refractivity contribution in [1.29, 1.82) is 0 Å². The first-order valence-corrected chi connectivity index (χ1v) is 11.3. The number of carbonyl (C=O) groups is 3. The molecule has 0 bridgehead atoms. The van der Waals surface area contributed by atoms with E-state index in [-0.39, 0.29) is 12.5 Å². The predicted octanol–water partition coefficient (Wildman–Crippen LogP) is 2.54. The van der Waals surface area contributed by atoms with Crippen LogP contribution in [0.25, 0.3) is 0 Å². The number of aliphatic imine (C=N–C) groups is 1. The van der Waals surface area contributed by atoms with Gasteiger partial charge in [-0.15, -0.1) is 0 Å². The standard InChI is InChI=1S/C26H27N7O3/c1-27-17-9-8-10-18(15-17)29-26(36)31-24-25(35)33(16-22(34)32(2)3)21-13-5-4-11-19(21)23(30-24)20-12-6-7-14-28-20/h4-15,24,27H,16H2,1-3H3,(H2,29,31,36). The number of fused-ring (bicyclic) bond motifs is 1. The Kier molecular flexibility index (Phi) is 7.24. The topological polar surface area (TPSA) is 119 Å². The van der Waals surface area contributed by atoms with E-state index in [4.69, 9.17) is 0 Å². The molecule has 1 aliphatic rings. The molecule has 4 amide bonds. The summed E-state index contributed by atoms with van der Waals surface area (Å²) in [4.78, 5) is 51.1. The molecule has 36 heavy (non-hydrogen) atoms. The zero-order valence-corrected chi connectivity index (χ0v) is 20.2. The fourth-order valence-corrected chi connectivity index (χ4v) is 3.71. The molecule has 1 unspecified atom stereocenters. The average Bonchev–Trinajstić information content (AvgIpc) is 3.00. The van der Waals surface area contributed by atoms with Gasteiger partial charge in [0.05, 0.1) is 17.1 Å². The number of nitrogens with zero attached hydrogens (tertiary/aromatic N) is 4. The van der Waals surface area contributed by atoms with E-state index in [0.717, 1.165) is 5.69 Å². The van der Waals surface area contributed by atoms with Crippen molar-refractivity contribution in [1.82, 2.24) is 15.2 Å². The van der Waals surface area contributed by atoms with Crippen molar-refractivity contribution in [2.75, 3.05) is 43.2 Å². The minimum Gasteiger partial charge on any atom is -0.388 e. The minimum atomic E-state index is -1.29. The molecule has 2 aromatic carbocycles. The van der Waals surface area contributed by atoms with Crippen molar-refractivity contribution in [3.05, 3.63) is 84.2 Å². The quantitative estimate of drug-likeness (QED) is 0.496. The van der Waals surface area contributed by atoms with Gasteiger partial charge in [-0.3, -0.25) is 19.5 Å². The van der Waals surface area contributed by atoms with Crippen molar-refractivity contribution >= 4 is 40.6 Å². The number of rotatable bonds is 6. The zero-order valence-electron chi connectivity index (χ0n) is 20.2. The maximum atomic E-state index is 13.7. The molecule has 0 spiro atoms. The maximum Gasteiger partial charge on any atom is 0.321 e. The second-order valence-electron chi connectivity index (χ2n) is 8.25. The van der Waals surface area contributed by atoms with Crippen LogP contribution in [0.15, 0.2) is 77.9 Å². The molecule has 0 radical (unpaired) electrons. The van der Waals surface area contributed by atoms with Crippen LogP contribution >= 0.6 is 0 Å². The van der Waals surface area contributed by atoms with Gasteiger partial charge in [0, 0.05) is 44.3 Å². The molecule has 3 N–H and O–H groups in total. The smallest absolute Gasteiger partial charge is 0.321 e. The maximum absolute atomic E-state index is 13.7. The number of likely N-dealkylation sites (N-methyl/N-ethyl adjacent to an activating group) is 1. The predicted molar refractivity (Wildman–Crippen MR) is 139 cm³/mol. The highest BCUT2D eigenvalue weighted by molar-refractivity contribution is 6.20. The summed E-state index contributed by atoms with van der Waals surface area (Å²) in [6.45, 7) is -0.210. The summed E-state index contributed by atoms with van der Waals surface area (Å²) in [5, 5.41) is 8.40. The summed E-state index contributed by atoms with van der Waals surface area (Å²) in [6.07, 6.45) is 0.335. The van der Waals surface area contributed by atoms with Crippen molar-refractivity contribution in [2.24, 2.45) is 4.99 Å². The molecule has 0 aliphatic carbocycles. The lowest BCUT2D eigenvalue weighted by Crippen LogP contribution is -2.51. The highest BCUT2D eigenvalue weighted by atomic mass is 16.2. The van der Waals surface area contributed by atoms with Crippen LogP contribution in [0.2, 0.25) is 0 Å². The number of para-hydroxylation sites is 1. The molecule has 1 aliphatic heterocycles. The number of nitrogens with one attached hydrogen (secondary N) is 3. The van der Waals surface area contributed by atoms with Gasteiger partial charge in [-0.25, -0.2) is 9.79 Å². The van der Waals surface area contributed by atoms with Gasteiger partial charge in [-0.1, -0.05) is 30.3 Å². The zero-order chi connectivity index (χ0) is 25.7. The summed E-state index contributed by atoms with van der Waals surface area (Å²) in [5.74, 6) is -0.811. The van der Waals surface area contributed by atoms with Crippen LogP contribution in [0.1, 0.15) is 11.3 Å². The Morgan fingerprint density at radius 2 is 1.75 bits per heavy atom. The molecule has 4 rings (SSSR count). The highest BCUT2D eigenvalue weighted by Crippen LogP contribution is 2.28. The third-order valence-electron chi connectivity index (χ3n) is 5.58. The van der Waals surface area contributed by atoms with Crippen LogP contribution in [-0.2, 0) is 9.59 Å². The summed E-state index contributed by atoms with van der Waals surface area (Å²) < 4.78 is 0. The number of anilines is 3. The summed E-state index contributed by atoms with van der Waals surface area (Å²) >= 11 is 0. The molecule has 0 saturated heterocycles. The molecule has 184 valence electrons. The van der Waals surface area contributed by atoms with E-state index in [1.807, 2.05) is 24.3 Å². The highest BCUT2D eigenvalue weighted by Gasteiger charge is 2.34. The van der Waals surface area contributed by atoms with E-state index in [1.165, 1.54) is 9.80 Å². The molecule has 3 aromatic rings. The van der Waals surface area contributed by atoms with E-state index in [2.05, 4.69) is 25.9 Å². The van der Waals surface area contributed by atoms with E-state index in [0.29, 0.717) is 28.3 Å². The van der Waals surface area contributed by atoms with Crippen LogP contribution in [0.3, 0.4) is 0 Å². The van der Waals surface area contributed by atoms with E-state index in [9.17, 15) is 14.4 Å². The number of hydrogen-bond acceptors (Lipinski definition) is 6. The normalized spacial score (nSPS) is 14.8. The fraction of sp³-hybridized carbons (Fsp3) is 0.192. The second kappa shape index (κ2) is 10.7. The molecular formula is C26H27N7O3. The third-order valence-corrected chi connectivity index (χ3v) is 5.58. The fourth-order valence-electron chi connectivity index (χ4n) is 3.71. The molecule has 0 fully saturated rings. The Hall–Kier alpha value is -4.73. The molecule has 2 heterocycles. The Morgan fingerprint density at radius 1 is 1.00 bits per heavy atom. The van der Waals surface area contributed by atoms with Crippen molar-refractivity contribution < 1.29 is 14.4 Å². The van der Waals surface area contributed by atoms with E-state index in [1.54, 1.807) is 69.8 Å². The number of aromatic nitrogens is 1. The van der Waals surface area contributed by atoms with Crippen LogP contribution < -0.4 is 20.9 Å². The number of benzene rings is 2. The Bertz CT molecular complexity index is 1310. The van der Waals surface area contributed by atoms with Crippen LogP contribution in [0, 0.1) is 0 Å². The minimum absolute atomic E-state index is 0.210. The molecule has 1 atom stereocenters. The van der Waals surface area contributed by atoms with Gasteiger partial charge in [0.25, 0.3) is 5.91 Å². The second-order valence-corrected chi connectivity index (χ2v) is 8.25. The van der Waals surface area contributed by atoms with Crippen LogP contribution in [0.5, 0.6) is 0 Å². The monoisotopic (exact) mass is 485 g/mol. The molecule has 0 saturated carbocycles. The van der Waals surface area contributed by atoms with Gasteiger partial charge in [0.1, 0.15) is 6.54 Å². The summed E-state index contributed by atoms with van der Waals surface area (Å²) in [6, 6.07) is 19.1. The van der Waals surface area contributed by atoms with Crippen molar-refractivity contribution in [3.8, 4) is 0 Å². The lowest BCUT2D eigenvalue weighted by molar-refractivity contribution is -0.129. The Morgan fingerprint density at radius 3 is 2.47 bits per heavy atom. The Balaban J connectivity index is 1.73. The van der Waals surface area contributed by atoms with Crippen molar-refractivity contribution in [2.45, 2.75) is 6.17 Å². The van der Waals surface area contributed by atoms with Crippen molar-refractivity contribution in [3.63, 3.8) is 0 Å². The first-order chi connectivity index (χ1) is 17.4. The Labute approximate surface area is 209 Å². The third kappa shape index (κ3) is 5.33. The van der Waals surface area contributed by atoms with Crippen LogP contribution in [-0.4, -0.2) is 67.3 Å². The molecule has 10 heteroatoms. The number of pyridine rings is 1. The average molecular weight is 486 g/mol. The number of benzodiazepines with no additional fused rings is 1. The van der Waals surface area contributed by atoms with Gasteiger partial charge in [-0.05, 0) is 36.4 Å². The first kappa shape index (κ1) is 24.4.